The van der Waals surface area contributed by atoms with Gasteiger partial charge < -0.3 is 20.7 Å². The molecule has 0 saturated carbocycles. The number of rotatable bonds is 9. The topological polar surface area (TPSA) is 50.5 Å². The van der Waals surface area contributed by atoms with Gasteiger partial charge in [0.1, 0.15) is 0 Å². The smallest absolute Gasteiger partial charge is 0.0664 e. The van der Waals surface area contributed by atoms with E-state index in [0.29, 0.717) is 12.6 Å². The first kappa shape index (κ1) is 16.0. The summed E-state index contributed by atoms with van der Waals surface area (Å²) in [5.41, 5.74) is 8.02. The Morgan fingerprint density at radius 3 is 2.47 bits per heavy atom. The van der Waals surface area contributed by atoms with E-state index < -0.39 is 0 Å². The third kappa shape index (κ3) is 6.57. The van der Waals surface area contributed by atoms with Crippen molar-refractivity contribution >= 4 is 5.69 Å². The molecule has 3 N–H and O–H groups in total. The molecule has 0 fully saturated rings. The van der Waals surface area contributed by atoms with E-state index in [4.69, 9.17) is 10.5 Å². The fraction of sp³-hybridized carbons (Fsp3) is 0.600. The number of nitrogens with zero attached hydrogens (tertiary/aromatic N) is 1. The van der Waals surface area contributed by atoms with Gasteiger partial charge in [-0.3, -0.25) is 0 Å². The summed E-state index contributed by atoms with van der Waals surface area (Å²) in [4.78, 5) is 2.16. The summed E-state index contributed by atoms with van der Waals surface area (Å²) in [6.45, 7) is 2.40. The van der Waals surface area contributed by atoms with Crippen molar-refractivity contribution in [3.8, 4) is 0 Å². The zero-order valence-corrected chi connectivity index (χ0v) is 12.4. The summed E-state index contributed by atoms with van der Waals surface area (Å²) < 4.78 is 5.24. The Bertz CT molecular complexity index is 338. The largest absolute Gasteiger partial charge is 0.383 e. The first-order valence-corrected chi connectivity index (χ1v) is 6.85. The van der Waals surface area contributed by atoms with Crippen LogP contribution in [0.15, 0.2) is 24.3 Å². The van der Waals surface area contributed by atoms with Crippen LogP contribution in [0.4, 0.5) is 5.69 Å². The Hall–Kier alpha value is -1.10. The molecular formula is C15H27N3O. The second-order valence-corrected chi connectivity index (χ2v) is 5.16. The fourth-order valence-corrected chi connectivity index (χ4v) is 2.07. The predicted octanol–water partition coefficient (Wildman–Crippen LogP) is 1.91. The third-order valence-corrected chi connectivity index (χ3v) is 2.95. The summed E-state index contributed by atoms with van der Waals surface area (Å²) in [6, 6.07) is 8.91. The van der Waals surface area contributed by atoms with E-state index in [1.807, 2.05) is 0 Å². The molecule has 0 radical (unpaired) electrons. The summed E-state index contributed by atoms with van der Waals surface area (Å²) in [6.07, 6.45) is 2.05. The summed E-state index contributed by atoms with van der Waals surface area (Å²) in [7, 11) is 5.89. The number of benzene rings is 1. The van der Waals surface area contributed by atoms with Crippen LogP contribution in [-0.4, -0.2) is 45.3 Å². The van der Waals surface area contributed by atoms with Gasteiger partial charge in [0.05, 0.1) is 6.61 Å². The minimum absolute atomic E-state index is 0.327. The monoisotopic (exact) mass is 265 g/mol. The number of ether oxygens (including phenoxy) is 1. The van der Waals surface area contributed by atoms with E-state index in [1.54, 1.807) is 7.11 Å². The minimum atomic E-state index is 0.327. The van der Waals surface area contributed by atoms with Crippen LogP contribution >= 0.6 is 0 Å². The maximum atomic E-state index is 5.56. The van der Waals surface area contributed by atoms with Crippen LogP contribution in [0.5, 0.6) is 0 Å². The van der Waals surface area contributed by atoms with Crippen LogP contribution in [0.2, 0.25) is 0 Å². The molecular weight excluding hydrogens is 238 g/mol. The van der Waals surface area contributed by atoms with Gasteiger partial charge in [0.15, 0.2) is 0 Å². The zero-order chi connectivity index (χ0) is 14.1. The highest BCUT2D eigenvalue weighted by molar-refractivity contribution is 5.45. The number of anilines is 1. The number of nitrogens with two attached hydrogens (primary N) is 1. The molecule has 0 bridgehead atoms. The Morgan fingerprint density at radius 2 is 1.95 bits per heavy atom. The van der Waals surface area contributed by atoms with E-state index in [9.17, 15) is 0 Å². The van der Waals surface area contributed by atoms with E-state index in [1.165, 1.54) is 5.56 Å². The molecule has 0 aromatic heterocycles. The minimum Gasteiger partial charge on any atom is -0.383 e. The van der Waals surface area contributed by atoms with Crippen molar-refractivity contribution in [2.24, 2.45) is 5.73 Å². The maximum absolute atomic E-state index is 5.56. The molecule has 4 heteroatoms. The quantitative estimate of drug-likeness (QED) is 0.716. The van der Waals surface area contributed by atoms with Crippen molar-refractivity contribution in [1.29, 1.82) is 0 Å². The van der Waals surface area contributed by atoms with Gasteiger partial charge in [0.2, 0.25) is 0 Å². The van der Waals surface area contributed by atoms with Gasteiger partial charge in [-0.25, -0.2) is 0 Å². The Kier molecular flexibility index (Phi) is 7.48. The second-order valence-electron chi connectivity index (χ2n) is 5.16. The van der Waals surface area contributed by atoms with Crippen LogP contribution < -0.4 is 11.1 Å². The lowest BCUT2D eigenvalue weighted by Crippen LogP contribution is -2.25. The van der Waals surface area contributed by atoms with Gasteiger partial charge in [-0.2, -0.15) is 0 Å². The Balaban J connectivity index is 2.53. The zero-order valence-electron chi connectivity index (χ0n) is 12.4. The standard InChI is InChI=1S/C15H27N3O/c1-18(2)11-13-6-8-14(9-7-13)17-15(12-19-3)5-4-10-16/h6-9,15,17H,4-5,10-12,16H2,1-3H3. The molecule has 19 heavy (non-hydrogen) atoms. The van der Waals surface area contributed by atoms with E-state index >= 15 is 0 Å². The van der Waals surface area contributed by atoms with Gasteiger partial charge in [0.25, 0.3) is 0 Å². The molecule has 0 spiro atoms. The summed E-state index contributed by atoms with van der Waals surface area (Å²) in [5, 5.41) is 3.50. The van der Waals surface area contributed by atoms with Crippen LogP contribution in [0, 0.1) is 0 Å². The third-order valence-electron chi connectivity index (χ3n) is 2.95. The van der Waals surface area contributed by atoms with Crippen molar-refractivity contribution in [3.63, 3.8) is 0 Å². The normalized spacial score (nSPS) is 12.7. The van der Waals surface area contributed by atoms with Crippen LogP contribution in [0.3, 0.4) is 0 Å². The van der Waals surface area contributed by atoms with Crippen molar-refractivity contribution in [2.75, 3.05) is 39.7 Å². The number of methoxy groups -OCH3 is 1. The maximum Gasteiger partial charge on any atom is 0.0664 e. The average Bonchev–Trinajstić information content (AvgIpc) is 2.38. The van der Waals surface area contributed by atoms with Gasteiger partial charge in [-0.1, -0.05) is 12.1 Å². The molecule has 1 atom stereocenters. The highest BCUT2D eigenvalue weighted by Crippen LogP contribution is 2.13. The molecule has 0 amide bonds. The first-order chi connectivity index (χ1) is 9.15. The van der Waals surface area contributed by atoms with Gasteiger partial charge in [-0.15, -0.1) is 0 Å². The molecule has 0 aliphatic heterocycles. The Labute approximate surface area is 116 Å². The van der Waals surface area contributed by atoms with Gasteiger partial charge in [0, 0.05) is 25.4 Å². The number of nitrogens with one attached hydrogen (secondary N) is 1. The molecule has 1 aromatic carbocycles. The fourth-order valence-electron chi connectivity index (χ4n) is 2.07. The van der Waals surface area contributed by atoms with Crippen molar-refractivity contribution in [3.05, 3.63) is 29.8 Å². The summed E-state index contributed by atoms with van der Waals surface area (Å²) >= 11 is 0. The SMILES string of the molecule is COCC(CCCN)Nc1ccc(CN(C)C)cc1. The van der Waals surface area contributed by atoms with Crippen LogP contribution in [0.25, 0.3) is 0 Å². The molecule has 0 aliphatic carbocycles. The van der Waals surface area contributed by atoms with Gasteiger partial charge >= 0.3 is 0 Å². The number of hydrogen-bond acceptors (Lipinski definition) is 4. The molecule has 1 unspecified atom stereocenters. The Morgan fingerprint density at radius 1 is 1.26 bits per heavy atom. The lowest BCUT2D eigenvalue weighted by Gasteiger charge is -2.19. The van der Waals surface area contributed by atoms with Crippen LogP contribution in [-0.2, 0) is 11.3 Å². The molecule has 0 saturated heterocycles. The molecule has 108 valence electrons. The molecule has 0 heterocycles. The lowest BCUT2D eigenvalue weighted by atomic mass is 10.1. The second kappa shape index (κ2) is 8.91. The lowest BCUT2D eigenvalue weighted by molar-refractivity contribution is 0.182. The molecule has 1 rings (SSSR count). The highest BCUT2D eigenvalue weighted by atomic mass is 16.5. The highest BCUT2D eigenvalue weighted by Gasteiger charge is 2.07. The number of hydrogen-bond donors (Lipinski definition) is 2. The average molecular weight is 265 g/mol. The van der Waals surface area contributed by atoms with Gasteiger partial charge in [-0.05, 0) is 51.2 Å². The predicted molar refractivity (Wildman–Crippen MR) is 81.4 cm³/mol. The van der Waals surface area contributed by atoms with Crippen molar-refractivity contribution in [2.45, 2.75) is 25.4 Å². The molecule has 1 aromatic rings. The van der Waals surface area contributed by atoms with Crippen molar-refractivity contribution in [1.82, 2.24) is 4.90 Å². The molecule has 0 aliphatic rings. The first-order valence-electron chi connectivity index (χ1n) is 6.85. The van der Waals surface area contributed by atoms with E-state index in [0.717, 1.165) is 31.6 Å². The van der Waals surface area contributed by atoms with Crippen LogP contribution in [0.1, 0.15) is 18.4 Å². The van der Waals surface area contributed by atoms with E-state index in [-0.39, 0.29) is 0 Å². The summed E-state index contributed by atoms with van der Waals surface area (Å²) in [5.74, 6) is 0. The van der Waals surface area contributed by atoms with E-state index in [2.05, 4.69) is 48.6 Å². The molecule has 4 nitrogen and oxygen atoms in total. The van der Waals surface area contributed by atoms with Crippen molar-refractivity contribution < 1.29 is 4.74 Å².